The van der Waals surface area contributed by atoms with Gasteiger partial charge in [0.15, 0.2) is 0 Å². The Morgan fingerprint density at radius 2 is 2.16 bits per heavy atom. The molecule has 106 valence electrons. The van der Waals surface area contributed by atoms with E-state index in [0.717, 1.165) is 37.7 Å². The van der Waals surface area contributed by atoms with Gasteiger partial charge in [-0.2, -0.15) is 0 Å². The van der Waals surface area contributed by atoms with Crippen molar-refractivity contribution < 1.29 is 0 Å². The van der Waals surface area contributed by atoms with Crippen molar-refractivity contribution in [3.05, 3.63) is 18.3 Å². The van der Waals surface area contributed by atoms with Gasteiger partial charge in [0.2, 0.25) is 0 Å². The largest absolute Gasteiger partial charge is 0.382 e. The molecule has 4 nitrogen and oxygen atoms in total. The zero-order valence-corrected chi connectivity index (χ0v) is 12.2. The zero-order chi connectivity index (χ0) is 13.5. The number of nitrogens with zero attached hydrogens (tertiary/aromatic N) is 2. The maximum atomic E-state index is 4.53. The van der Waals surface area contributed by atoms with Crippen molar-refractivity contribution in [1.82, 2.24) is 10.3 Å². The molecular formula is C15H26N4. The second-order valence-electron chi connectivity index (χ2n) is 5.11. The fourth-order valence-corrected chi connectivity index (χ4v) is 2.56. The van der Waals surface area contributed by atoms with Gasteiger partial charge in [-0.1, -0.05) is 6.42 Å². The van der Waals surface area contributed by atoms with Gasteiger partial charge in [0.05, 0.1) is 11.9 Å². The molecule has 1 aliphatic rings. The number of aromatic nitrogens is 1. The highest BCUT2D eigenvalue weighted by molar-refractivity contribution is 5.48. The summed E-state index contributed by atoms with van der Waals surface area (Å²) >= 11 is 0. The maximum absolute atomic E-state index is 4.53. The molecular weight excluding hydrogens is 236 g/mol. The lowest BCUT2D eigenvalue weighted by atomic mass is 10.1. The molecule has 0 saturated carbocycles. The van der Waals surface area contributed by atoms with E-state index in [1.54, 1.807) is 0 Å². The zero-order valence-electron chi connectivity index (χ0n) is 12.2. The van der Waals surface area contributed by atoms with Gasteiger partial charge in [0.1, 0.15) is 5.82 Å². The molecule has 19 heavy (non-hydrogen) atoms. The monoisotopic (exact) mass is 262 g/mol. The van der Waals surface area contributed by atoms with Crippen LogP contribution < -0.4 is 15.5 Å². The minimum atomic E-state index is 0.608. The van der Waals surface area contributed by atoms with E-state index < -0.39 is 0 Å². The third-order valence-corrected chi connectivity index (χ3v) is 3.80. The molecule has 1 aliphatic heterocycles. The van der Waals surface area contributed by atoms with Crippen LogP contribution in [0.1, 0.15) is 33.1 Å². The Labute approximate surface area is 116 Å². The summed E-state index contributed by atoms with van der Waals surface area (Å²) in [6, 6.07) is 4.84. The van der Waals surface area contributed by atoms with Crippen LogP contribution >= 0.6 is 0 Å². The van der Waals surface area contributed by atoms with E-state index in [0.29, 0.717) is 6.04 Å². The molecule has 1 atom stereocenters. The first-order valence-electron chi connectivity index (χ1n) is 7.51. The van der Waals surface area contributed by atoms with Gasteiger partial charge in [-0.05, 0) is 45.4 Å². The van der Waals surface area contributed by atoms with E-state index in [4.69, 9.17) is 0 Å². The van der Waals surface area contributed by atoms with Crippen LogP contribution in [-0.2, 0) is 0 Å². The summed E-state index contributed by atoms with van der Waals surface area (Å²) in [5, 5.41) is 7.02. The van der Waals surface area contributed by atoms with Crippen LogP contribution in [0.5, 0.6) is 0 Å². The van der Waals surface area contributed by atoms with E-state index in [9.17, 15) is 0 Å². The van der Waals surface area contributed by atoms with Crippen LogP contribution in [0.3, 0.4) is 0 Å². The van der Waals surface area contributed by atoms with Crippen molar-refractivity contribution in [3.8, 4) is 0 Å². The number of rotatable bonds is 6. The lowest BCUT2D eigenvalue weighted by Crippen LogP contribution is -2.39. The summed E-state index contributed by atoms with van der Waals surface area (Å²) in [7, 11) is 0. The minimum Gasteiger partial charge on any atom is -0.382 e. The summed E-state index contributed by atoms with van der Waals surface area (Å²) in [5.41, 5.74) is 1.11. The van der Waals surface area contributed by atoms with Gasteiger partial charge in [-0.25, -0.2) is 4.98 Å². The molecule has 2 rings (SSSR count). The maximum Gasteiger partial charge on any atom is 0.128 e. The van der Waals surface area contributed by atoms with Crippen molar-refractivity contribution in [2.24, 2.45) is 0 Å². The smallest absolute Gasteiger partial charge is 0.128 e. The van der Waals surface area contributed by atoms with E-state index >= 15 is 0 Å². The highest BCUT2D eigenvalue weighted by Gasteiger charge is 2.11. The summed E-state index contributed by atoms with van der Waals surface area (Å²) in [4.78, 5) is 6.78. The van der Waals surface area contributed by atoms with Crippen LogP contribution in [0.4, 0.5) is 11.5 Å². The molecule has 1 aromatic rings. The van der Waals surface area contributed by atoms with Gasteiger partial charge >= 0.3 is 0 Å². The molecule has 0 bridgehead atoms. The fourth-order valence-electron chi connectivity index (χ4n) is 2.56. The second kappa shape index (κ2) is 7.34. The van der Waals surface area contributed by atoms with Crippen LogP contribution in [0.15, 0.2) is 18.3 Å². The third kappa shape index (κ3) is 4.10. The van der Waals surface area contributed by atoms with Crippen molar-refractivity contribution in [3.63, 3.8) is 0 Å². The first kappa shape index (κ1) is 14.1. The Balaban J connectivity index is 1.84. The molecule has 0 spiro atoms. The SMILES string of the molecule is CCN(CC)c1ccc(NCC2CCCCN2)cn1. The highest BCUT2D eigenvalue weighted by Crippen LogP contribution is 2.14. The number of hydrogen-bond donors (Lipinski definition) is 2. The van der Waals surface area contributed by atoms with Crippen molar-refractivity contribution in [2.45, 2.75) is 39.2 Å². The molecule has 0 radical (unpaired) electrons. The lowest BCUT2D eigenvalue weighted by molar-refractivity contribution is 0.414. The Morgan fingerprint density at radius 3 is 2.74 bits per heavy atom. The highest BCUT2D eigenvalue weighted by atomic mass is 15.2. The Hall–Kier alpha value is -1.29. The molecule has 2 heterocycles. The molecule has 0 aliphatic carbocycles. The molecule has 1 saturated heterocycles. The van der Waals surface area contributed by atoms with Crippen molar-refractivity contribution >= 4 is 11.5 Å². The fraction of sp³-hybridized carbons (Fsp3) is 0.667. The van der Waals surface area contributed by atoms with Crippen LogP contribution in [-0.4, -0.2) is 37.2 Å². The minimum absolute atomic E-state index is 0.608. The Kier molecular flexibility index (Phi) is 5.45. The molecule has 1 unspecified atom stereocenters. The van der Waals surface area contributed by atoms with Gasteiger partial charge in [-0.15, -0.1) is 0 Å². The molecule has 1 aromatic heterocycles. The number of anilines is 2. The number of nitrogens with one attached hydrogen (secondary N) is 2. The standard InChI is InChI=1S/C15H26N4/c1-3-19(4-2)15-9-8-14(12-18-15)17-11-13-7-5-6-10-16-13/h8-9,12-13,16-17H,3-7,10-11H2,1-2H3. The van der Waals surface area contributed by atoms with E-state index in [-0.39, 0.29) is 0 Å². The van der Waals surface area contributed by atoms with E-state index in [2.05, 4.69) is 46.5 Å². The first-order valence-corrected chi connectivity index (χ1v) is 7.51. The van der Waals surface area contributed by atoms with Crippen LogP contribution in [0, 0.1) is 0 Å². The second-order valence-corrected chi connectivity index (χ2v) is 5.11. The predicted molar refractivity (Wildman–Crippen MR) is 81.9 cm³/mol. The normalized spacial score (nSPS) is 19.2. The number of hydrogen-bond acceptors (Lipinski definition) is 4. The Morgan fingerprint density at radius 1 is 1.32 bits per heavy atom. The van der Waals surface area contributed by atoms with Gasteiger partial charge in [0, 0.05) is 25.7 Å². The van der Waals surface area contributed by atoms with Crippen molar-refractivity contribution in [1.29, 1.82) is 0 Å². The van der Waals surface area contributed by atoms with E-state index in [1.165, 1.54) is 19.3 Å². The summed E-state index contributed by atoms with van der Waals surface area (Å²) in [6.45, 7) is 8.47. The van der Waals surface area contributed by atoms with Gasteiger partial charge in [0.25, 0.3) is 0 Å². The lowest BCUT2D eigenvalue weighted by Gasteiger charge is -2.24. The average Bonchev–Trinajstić information content (AvgIpc) is 2.49. The Bertz CT molecular complexity index is 353. The van der Waals surface area contributed by atoms with E-state index in [1.807, 2.05) is 6.20 Å². The number of pyridine rings is 1. The molecule has 1 fully saturated rings. The molecule has 2 N–H and O–H groups in total. The quantitative estimate of drug-likeness (QED) is 0.826. The topological polar surface area (TPSA) is 40.2 Å². The predicted octanol–water partition coefficient (Wildman–Crippen LogP) is 2.48. The van der Waals surface area contributed by atoms with Crippen LogP contribution in [0.2, 0.25) is 0 Å². The summed E-state index contributed by atoms with van der Waals surface area (Å²) < 4.78 is 0. The molecule has 0 aromatic carbocycles. The van der Waals surface area contributed by atoms with Crippen LogP contribution in [0.25, 0.3) is 0 Å². The first-order chi connectivity index (χ1) is 9.33. The average molecular weight is 262 g/mol. The summed E-state index contributed by atoms with van der Waals surface area (Å²) in [6.07, 6.45) is 5.88. The molecule has 4 heteroatoms. The molecule has 0 amide bonds. The number of piperidine rings is 1. The van der Waals surface area contributed by atoms with Gasteiger partial charge in [-0.3, -0.25) is 0 Å². The third-order valence-electron chi connectivity index (χ3n) is 3.80. The van der Waals surface area contributed by atoms with Gasteiger partial charge < -0.3 is 15.5 Å². The summed E-state index contributed by atoms with van der Waals surface area (Å²) in [5.74, 6) is 1.06. The van der Waals surface area contributed by atoms with Crippen molar-refractivity contribution in [2.75, 3.05) is 36.4 Å².